The minimum atomic E-state index is -4.39. The van der Waals surface area contributed by atoms with Crippen LogP contribution in [0.5, 0.6) is 0 Å². The van der Waals surface area contributed by atoms with Crippen LogP contribution in [0.4, 0.5) is 0 Å². The van der Waals surface area contributed by atoms with E-state index in [1.54, 1.807) is 45.4 Å². The molecule has 0 amide bonds. The summed E-state index contributed by atoms with van der Waals surface area (Å²) in [4.78, 5) is 21.1. The first kappa shape index (κ1) is 22.9. The van der Waals surface area contributed by atoms with Gasteiger partial charge >= 0.3 is 11.9 Å². The van der Waals surface area contributed by atoms with Crippen molar-refractivity contribution in [2.24, 2.45) is 23.7 Å². The first-order valence-corrected chi connectivity index (χ1v) is 11.1. The lowest BCUT2D eigenvalue weighted by Crippen LogP contribution is -2.38. The predicted molar refractivity (Wildman–Crippen MR) is 96.8 cm³/mol. The molecule has 0 aromatic heterocycles. The number of carbonyl (C=O) groups is 2. The Labute approximate surface area is 156 Å². The van der Waals surface area contributed by atoms with Crippen LogP contribution < -0.4 is 0 Å². The van der Waals surface area contributed by atoms with E-state index in [1.165, 1.54) is 23.7 Å². The van der Waals surface area contributed by atoms with Gasteiger partial charge in [0, 0.05) is 6.42 Å². The molecule has 4 aliphatic carbocycles. The van der Waals surface area contributed by atoms with Gasteiger partial charge in [-0.2, -0.15) is 8.42 Å². The molecule has 4 bridgehead atoms. The summed E-state index contributed by atoms with van der Waals surface area (Å²) in [7, 11) is -4.39. The van der Waals surface area contributed by atoms with Crippen molar-refractivity contribution >= 4 is 22.1 Å². The molecule has 0 heterocycles. The Bertz CT molecular complexity index is 499. The van der Waals surface area contributed by atoms with Gasteiger partial charge in [0.1, 0.15) is 0 Å². The number of hydrogen-bond acceptors (Lipinski definition) is 6. The van der Waals surface area contributed by atoms with Crippen molar-refractivity contribution in [2.45, 2.75) is 65.7 Å². The van der Waals surface area contributed by atoms with Gasteiger partial charge in [0.2, 0.25) is 6.79 Å². The highest BCUT2D eigenvalue weighted by Crippen LogP contribution is 2.53. The lowest BCUT2D eigenvalue weighted by molar-refractivity contribution is -0.165. The van der Waals surface area contributed by atoms with Crippen LogP contribution in [0.3, 0.4) is 0 Å². The van der Waals surface area contributed by atoms with E-state index in [2.05, 4.69) is 9.47 Å². The second kappa shape index (κ2) is 10.9. The van der Waals surface area contributed by atoms with Gasteiger partial charge in [-0.3, -0.25) is 14.1 Å². The van der Waals surface area contributed by atoms with Crippen molar-refractivity contribution in [2.75, 3.05) is 12.5 Å². The number of carbonyl (C=O) groups excluding carboxylic acids is 2. The lowest BCUT2D eigenvalue weighted by atomic mass is 9.56. The summed E-state index contributed by atoms with van der Waals surface area (Å²) < 4.78 is 37.0. The van der Waals surface area contributed by atoms with Crippen molar-refractivity contribution in [3.8, 4) is 0 Å². The van der Waals surface area contributed by atoms with E-state index in [0.717, 1.165) is 0 Å². The minimum Gasteiger partial charge on any atom is -0.428 e. The third-order valence-electron chi connectivity index (χ3n) is 5.03. The molecule has 4 saturated carbocycles. The fourth-order valence-electron chi connectivity index (χ4n) is 4.44. The van der Waals surface area contributed by atoms with Crippen molar-refractivity contribution in [3.05, 3.63) is 0 Å². The van der Waals surface area contributed by atoms with Crippen molar-refractivity contribution in [3.63, 3.8) is 0 Å². The molecule has 152 valence electrons. The van der Waals surface area contributed by atoms with Gasteiger partial charge in [-0.25, -0.2) is 0 Å². The largest absolute Gasteiger partial charge is 0.428 e. The molecule has 0 unspecified atom stereocenters. The zero-order chi connectivity index (χ0) is 19.7. The summed E-state index contributed by atoms with van der Waals surface area (Å²) in [5.41, 5.74) is 0. The summed E-state index contributed by atoms with van der Waals surface area (Å²) in [6.45, 7) is 4.89. The van der Waals surface area contributed by atoms with Gasteiger partial charge < -0.3 is 9.47 Å². The normalized spacial score (nSPS) is 28.2. The third-order valence-corrected chi connectivity index (χ3v) is 5.63. The van der Waals surface area contributed by atoms with Crippen LogP contribution in [-0.2, 0) is 29.2 Å². The Morgan fingerprint density at radius 1 is 0.846 bits per heavy atom. The highest BCUT2D eigenvalue weighted by Gasteiger charge is 2.41. The van der Waals surface area contributed by atoms with Gasteiger partial charge in [-0.15, -0.1) is 0 Å². The summed E-state index contributed by atoms with van der Waals surface area (Å²) >= 11 is 0. The average molecular weight is 393 g/mol. The van der Waals surface area contributed by atoms with Crippen molar-refractivity contribution in [1.29, 1.82) is 0 Å². The molecular formula is C18H32O7S. The van der Waals surface area contributed by atoms with Crippen LogP contribution in [0.15, 0.2) is 0 Å². The van der Waals surface area contributed by atoms with Gasteiger partial charge in [0.25, 0.3) is 10.1 Å². The maximum absolute atomic E-state index is 10.6. The van der Waals surface area contributed by atoms with E-state index in [-0.39, 0.29) is 6.42 Å². The topological polar surface area (TPSA) is 107 Å². The van der Waals surface area contributed by atoms with Crippen LogP contribution in [0.1, 0.15) is 65.7 Å². The number of rotatable bonds is 5. The fourth-order valence-corrected chi connectivity index (χ4v) is 4.82. The fraction of sp³-hybridized carbons (Fsp3) is 0.889. The molecule has 0 spiro atoms. The van der Waals surface area contributed by atoms with Crippen LogP contribution >= 0.6 is 0 Å². The maximum Gasteiger partial charge on any atom is 0.326 e. The SMILES string of the molecule is C1C2CC3CC1CC(C2)C3.CC.CCC(=O)OCOC(=O)CS(=O)(=O)O. The first-order valence-electron chi connectivity index (χ1n) is 9.51. The molecule has 8 heteroatoms. The molecule has 0 atom stereocenters. The Balaban J connectivity index is 0.000000244. The molecule has 26 heavy (non-hydrogen) atoms. The average Bonchev–Trinajstić information content (AvgIpc) is 2.54. The Morgan fingerprint density at radius 2 is 1.19 bits per heavy atom. The van der Waals surface area contributed by atoms with Gasteiger partial charge in [-0.05, 0) is 62.2 Å². The van der Waals surface area contributed by atoms with Gasteiger partial charge in [0.05, 0.1) is 0 Å². The number of esters is 2. The smallest absolute Gasteiger partial charge is 0.326 e. The lowest BCUT2D eigenvalue weighted by Gasteiger charge is -2.49. The zero-order valence-electron chi connectivity index (χ0n) is 16.0. The second-order valence-electron chi connectivity index (χ2n) is 7.11. The summed E-state index contributed by atoms with van der Waals surface area (Å²) in [6, 6.07) is 0. The van der Waals surface area contributed by atoms with E-state index in [1.807, 2.05) is 13.8 Å². The quantitative estimate of drug-likeness (QED) is 0.435. The summed E-state index contributed by atoms with van der Waals surface area (Å²) in [5, 5.41) is 0. The van der Waals surface area contributed by atoms with E-state index in [4.69, 9.17) is 4.55 Å². The van der Waals surface area contributed by atoms with Gasteiger partial charge in [-0.1, -0.05) is 20.8 Å². The van der Waals surface area contributed by atoms with Crippen molar-refractivity contribution in [1.82, 2.24) is 0 Å². The van der Waals surface area contributed by atoms with E-state index < -0.39 is 34.6 Å². The third kappa shape index (κ3) is 8.49. The van der Waals surface area contributed by atoms with Crippen LogP contribution in [0.25, 0.3) is 0 Å². The molecule has 0 radical (unpaired) electrons. The van der Waals surface area contributed by atoms with E-state index in [0.29, 0.717) is 0 Å². The van der Waals surface area contributed by atoms with Gasteiger partial charge in [0.15, 0.2) is 5.75 Å². The molecule has 0 aromatic rings. The molecule has 7 nitrogen and oxygen atoms in total. The monoisotopic (exact) mass is 392 g/mol. The highest BCUT2D eigenvalue weighted by molar-refractivity contribution is 7.86. The molecular weight excluding hydrogens is 360 g/mol. The molecule has 4 fully saturated rings. The zero-order valence-corrected chi connectivity index (χ0v) is 16.8. The molecule has 4 rings (SSSR count). The first-order chi connectivity index (χ1) is 12.2. The van der Waals surface area contributed by atoms with E-state index in [9.17, 15) is 18.0 Å². The predicted octanol–water partition coefficient (Wildman–Crippen LogP) is 3.19. The standard InChI is InChI=1S/C10H16.C6H10O7S.C2H6/c1-7-2-9-4-8(1)5-10(3-7)6-9;1-2-5(7)12-4-13-6(8)3-14(9,10)11;1-2/h7-10H,1-6H2;2-4H2,1H3,(H,9,10,11);1-2H3. The molecule has 0 aromatic carbocycles. The second-order valence-corrected chi connectivity index (χ2v) is 8.56. The van der Waals surface area contributed by atoms with E-state index >= 15 is 0 Å². The molecule has 4 aliphatic rings. The molecule has 0 saturated heterocycles. The van der Waals surface area contributed by atoms with Crippen LogP contribution in [0, 0.1) is 23.7 Å². The number of ether oxygens (including phenoxy) is 2. The summed E-state index contributed by atoms with van der Waals surface area (Å²) in [5.74, 6) is 1.79. The van der Waals surface area contributed by atoms with Crippen molar-refractivity contribution < 1.29 is 32.0 Å². The Hall–Kier alpha value is -1.15. The molecule has 1 N–H and O–H groups in total. The maximum atomic E-state index is 10.6. The minimum absolute atomic E-state index is 0.121. The van der Waals surface area contributed by atoms with Crippen LogP contribution in [-0.4, -0.2) is 37.5 Å². The molecule has 0 aliphatic heterocycles. The summed E-state index contributed by atoms with van der Waals surface area (Å²) in [6.07, 6.45) is 9.75. The Morgan fingerprint density at radius 3 is 1.50 bits per heavy atom. The van der Waals surface area contributed by atoms with Crippen LogP contribution in [0.2, 0.25) is 0 Å². The highest BCUT2D eigenvalue weighted by atomic mass is 32.2. The number of hydrogen-bond donors (Lipinski definition) is 1. The Kier molecular flexibility index (Phi) is 9.57.